The smallest absolute Gasteiger partial charge is 0.225 e. The average Bonchev–Trinajstić information content (AvgIpc) is 3.04. The van der Waals surface area contributed by atoms with Crippen LogP contribution in [-0.2, 0) is 14.3 Å². The number of hydrogen-bond donors (Lipinski definition) is 1. The first-order valence-corrected chi connectivity index (χ1v) is 8.58. The van der Waals surface area contributed by atoms with E-state index in [1.54, 1.807) is 0 Å². The van der Waals surface area contributed by atoms with Crippen LogP contribution in [0.5, 0.6) is 0 Å². The van der Waals surface area contributed by atoms with Crippen LogP contribution < -0.4 is 5.32 Å². The highest BCUT2D eigenvalue weighted by molar-refractivity contribution is 5.89. The fraction of sp³-hybridized carbons (Fsp3) is 0.882. The Morgan fingerprint density at radius 2 is 2.05 bits per heavy atom. The van der Waals surface area contributed by atoms with Crippen molar-refractivity contribution in [1.29, 1.82) is 0 Å². The van der Waals surface area contributed by atoms with E-state index in [-0.39, 0.29) is 29.3 Å². The van der Waals surface area contributed by atoms with Gasteiger partial charge in [0.2, 0.25) is 11.8 Å². The summed E-state index contributed by atoms with van der Waals surface area (Å²) in [6, 6.07) is 0.229. The van der Waals surface area contributed by atoms with Crippen molar-refractivity contribution < 1.29 is 14.3 Å². The van der Waals surface area contributed by atoms with E-state index in [9.17, 15) is 9.59 Å². The molecule has 2 heterocycles. The molecule has 1 aliphatic carbocycles. The lowest BCUT2D eigenvalue weighted by Gasteiger charge is -2.34. The molecule has 22 heavy (non-hydrogen) atoms. The molecule has 3 aliphatic rings. The zero-order chi connectivity index (χ0) is 15.9. The molecule has 1 N–H and O–H groups in total. The van der Waals surface area contributed by atoms with E-state index in [1.807, 2.05) is 25.7 Å². The lowest BCUT2D eigenvalue weighted by molar-refractivity contribution is -0.132. The van der Waals surface area contributed by atoms with Crippen LogP contribution in [0.25, 0.3) is 0 Å². The third-order valence-electron chi connectivity index (χ3n) is 5.41. The van der Waals surface area contributed by atoms with Gasteiger partial charge in [-0.15, -0.1) is 0 Å². The number of fused-ring (bicyclic) bond motifs is 1. The highest BCUT2D eigenvalue weighted by atomic mass is 16.5. The van der Waals surface area contributed by atoms with Crippen LogP contribution in [0.4, 0.5) is 0 Å². The molecule has 2 saturated heterocycles. The summed E-state index contributed by atoms with van der Waals surface area (Å²) in [5, 5.41) is 3.23. The first kappa shape index (κ1) is 15.8. The molecule has 0 radical (unpaired) electrons. The fourth-order valence-electron chi connectivity index (χ4n) is 4.19. The molecule has 0 aromatic carbocycles. The van der Waals surface area contributed by atoms with Crippen LogP contribution in [0, 0.1) is 11.8 Å². The molecule has 1 saturated carbocycles. The van der Waals surface area contributed by atoms with Crippen molar-refractivity contribution in [2.45, 2.75) is 70.6 Å². The van der Waals surface area contributed by atoms with Gasteiger partial charge in [-0.25, -0.2) is 0 Å². The second-order valence-electron chi connectivity index (χ2n) is 7.98. The molecule has 5 nitrogen and oxygen atoms in total. The first-order valence-electron chi connectivity index (χ1n) is 8.58. The number of nitrogens with zero attached hydrogens (tertiary/aromatic N) is 1. The van der Waals surface area contributed by atoms with Gasteiger partial charge in [0.15, 0.2) is 0 Å². The molecule has 2 aliphatic heterocycles. The van der Waals surface area contributed by atoms with Crippen molar-refractivity contribution in [1.82, 2.24) is 10.2 Å². The van der Waals surface area contributed by atoms with Gasteiger partial charge < -0.3 is 15.0 Å². The summed E-state index contributed by atoms with van der Waals surface area (Å²) in [6.45, 7) is 7.43. The molecule has 5 heteroatoms. The normalized spacial score (nSPS) is 35.6. The number of amides is 2. The molecular formula is C17H28N2O3. The van der Waals surface area contributed by atoms with Gasteiger partial charge in [-0.2, -0.15) is 0 Å². The van der Waals surface area contributed by atoms with Gasteiger partial charge in [-0.3, -0.25) is 9.59 Å². The van der Waals surface area contributed by atoms with Crippen LogP contribution in [0.15, 0.2) is 0 Å². The van der Waals surface area contributed by atoms with Gasteiger partial charge in [0.25, 0.3) is 0 Å². The van der Waals surface area contributed by atoms with Crippen LogP contribution >= 0.6 is 0 Å². The number of hydrogen-bond acceptors (Lipinski definition) is 3. The predicted molar refractivity (Wildman–Crippen MR) is 83.2 cm³/mol. The van der Waals surface area contributed by atoms with Crippen molar-refractivity contribution >= 4 is 11.8 Å². The second kappa shape index (κ2) is 5.84. The summed E-state index contributed by atoms with van der Waals surface area (Å²) in [7, 11) is 0. The van der Waals surface area contributed by atoms with Crippen molar-refractivity contribution in [3.8, 4) is 0 Å². The maximum atomic E-state index is 12.6. The van der Waals surface area contributed by atoms with Crippen LogP contribution in [0.3, 0.4) is 0 Å². The van der Waals surface area contributed by atoms with Gasteiger partial charge in [0, 0.05) is 37.1 Å². The summed E-state index contributed by atoms with van der Waals surface area (Å²) in [5.74, 6) is 0.416. The van der Waals surface area contributed by atoms with Crippen LogP contribution in [0.1, 0.15) is 52.9 Å². The maximum Gasteiger partial charge on any atom is 0.225 e. The molecule has 3 fully saturated rings. The van der Waals surface area contributed by atoms with Crippen molar-refractivity contribution in [2.75, 3.05) is 13.2 Å². The Bertz CT molecular complexity index is 457. The monoisotopic (exact) mass is 308 g/mol. The van der Waals surface area contributed by atoms with Crippen molar-refractivity contribution in [3.05, 3.63) is 0 Å². The number of likely N-dealkylation sites (tertiary alicyclic amines) is 1. The van der Waals surface area contributed by atoms with Gasteiger partial charge >= 0.3 is 0 Å². The third kappa shape index (κ3) is 3.00. The Balaban J connectivity index is 1.59. The van der Waals surface area contributed by atoms with Gasteiger partial charge in [-0.1, -0.05) is 0 Å². The molecule has 4 unspecified atom stereocenters. The minimum atomic E-state index is -0.207. The first-order chi connectivity index (χ1) is 10.4. The number of carbonyl (C=O) groups is 2. The van der Waals surface area contributed by atoms with E-state index in [2.05, 4.69) is 5.32 Å². The highest BCUT2D eigenvalue weighted by Gasteiger charge is 2.42. The van der Waals surface area contributed by atoms with Crippen molar-refractivity contribution in [3.63, 3.8) is 0 Å². The minimum Gasteiger partial charge on any atom is -0.378 e. The van der Waals surface area contributed by atoms with Gasteiger partial charge in [0.1, 0.15) is 0 Å². The molecule has 0 bridgehead atoms. The SMILES string of the molecule is CC(C)(C)N1CC(C(=O)NC2CCCC3OCCC23)CC1=O. The molecule has 4 atom stereocenters. The quantitative estimate of drug-likeness (QED) is 0.845. The fourth-order valence-corrected chi connectivity index (χ4v) is 4.19. The Hall–Kier alpha value is -1.10. The van der Waals surface area contributed by atoms with Crippen LogP contribution in [0.2, 0.25) is 0 Å². The van der Waals surface area contributed by atoms with E-state index in [0.717, 1.165) is 32.3 Å². The molecular weight excluding hydrogens is 280 g/mol. The van der Waals surface area contributed by atoms with E-state index < -0.39 is 0 Å². The van der Waals surface area contributed by atoms with E-state index in [4.69, 9.17) is 4.74 Å². The average molecular weight is 308 g/mol. The zero-order valence-electron chi connectivity index (χ0n) is 13.9. The molecule has 2 amide bonds. The molecule has 0 aromatic heterocycles. The number of ether oxygens (including phenoxy) is 1. The summed E-state index contributed by atoms with van der Waals surface area (Å²) < 4.78 is 5.76. The second-order valence-corrected chi connectivity index (χ2v) is 7.98. The minimum absolute atomic E-state index is 0.0534. The number of carbonyl (C=O) groups excluding carboxylic acids is 2. The molecule has 124 valence electrons. The summed E-state index contributed by atoms with van der Waals surface area (Å²) in [6.07, 6.45) is 5.00. The van der Waals surface area contributed by atoms with Gasteiger partial charge in [-0.05, 0) is 46.5 Å². The van der Waals surface area contributed by atoms with E-state index in [1.165, 1.54) is 0 Å². The molecule has 3 rings (SSSR count). The lowest BCUT2D eigenvalue weighted by Crippen LogP contribution is -2.48. The zero-order valence-corrected chi connectivity index (χ0v) is 13.9. The largest absolute Gasteiger partial charge is 0.378 e. The summed E-state index contributed by atoms with van der Waals surface area (Å²) in [4.78, 5) is 26.6. The van der Waals surface area contributed by atoms with Crippen LogP contribution in [-0.4, -0.2) is 47.6 Å². The Labute approximate surface area is 132 Å². The van der Waals surface area contributed by atoms with Gasteiger partial charge in [0.05, 0.1) is 12.0 Å². The number of nitrogens with one attached hydrogen (secondary N) is 1. The Kier molecular flexibility index (Phi) is 4.19. The standard InChI is InChI=1S/C17H28N2O3/c1-17(2,3)19-10-11(9-15(19)20)16(21)18-13-5-4-6-14-12(13)7-8-22-14/h11-14H,4-10H2,1-3H3,(H,18,21). The predicted octanol–water partition coefficient (Wildman–Crippen LogP) is 1.71. The summed E-state index contributed by atoms with van der Waals surface area (Å²) in [5.41, 5.74) is -0.207. The number of rotatable bonds is 2. The van der Waals surface area contributed by atoms with Crippen molar-refractivity contribution in [2.24, 2.45) is 11.8 Å². The highest BCUT2D eigenvalue weighted by Crippen LogP contribution is 2.35. The van der Waals surface area contributed by atoms with E-state index >= 15 is 0 Å². The summed E-state index contributed by atoms with van der Waals surface area (Å²) >= 11 is 0. The Morgan fingerprint density at radius 3 is 2.73 bits per heavy atom. The Morgan fingerprint density at radius 1 is 1.27 bits per heavy atom. The topological polar surface area (TPSA) is 58.6 Å². The third-order valence-corrected chi connectivity index (χ3v) is 5.41. The maximum absolute atomic E-state index is 12.6. The lowest BCUT2D eigenvalue weighted by atomic mass is 9.81. The van der Waals surface area contributed by atoms with E-state index in [0.29, 0.717) is 25.0 Å². The molecule has 0 spiro atoms. The molecule has 0 aromatic rings.